The number of aromatic nitrogens is 2. The number of benzene rings is 2. The second-order valence-corrected chi connectivity index (χ2v) is 9.43. The van der Waals surface area contributed by atoms with Gasteiger partial charge in [0.1, 0.15) is 0 Å². The van der Waals surface area contributed by atoms with Gasteiger partial charge in [-0.3, -0.25) is 4.99 Å². The summed E-state index contributed by atoms with van der Waals surface area (Å²) in [5.41, 5.74) is 3.84. The summed E-state index contributed by atoms with van der Waals surface area (Å²) >= 11 is 0. The maximum absolute atomic E-state index is 13.6. The first-order chi connectivity index (χ1) is 16.4. The summed E-state index contributed by atoms with van der Waals surface area (Å²) in [6, 6.07) is 17.6. The number of nitrogens with one attached hydrogen (secondary N) is 1. The quantitative estimate of drug-likeness (QED) is 0.285. The summed E-state index contributed by atoms with van der Waals surface area (Å²) in [7, 11) is -1.72. The Morgan fingerprint density at radius 1 is 1.18 bits per heavy atom. The molecular weight excluding hydrogens is 448 g/mol. The number of carbonyl (C=O) groups is 1. The lowest BCUT2D eigenvalue weighted by molar-refractivity contribution is 0.0526. The fourth-order valence-corrected chi connectivity index (χ4v) is 5.04. The number of rotatable bonds is 7. The molecule has 0 aliphatic heterocycles. The first-order valence-corrected chi connectivity index (χ1v) is 12.1. The van der Waals surface area contributed by atoms with Crippen LogP contribution in [0.5, 0.6) is 0 Å². The number of nitrogens with zero attached hydrogens (tertiary/aromatic N) is 3. The Morgan fingerprint density at radius 3 is 2.53 bits per heavy atom. The van der Waals surface area contributed by atoms with Crippen LogP contribution in [0.15, 0.2) is 89.5 Å². The molecule has 2 aromatic heterocycles. The highest BCUT2D eigenvalue weighted by molar-refractivity contribution is 7.91. The van der Waals surface area contributed by atoms with Crippen LogP contribution in [0.4, 0.5) is 0 Å². The average Bonchev–Trinajstić information content (AvgIpc) is 3.25. The van der Waals surface area contributed by atoms with Gasteiger partial charge < -0.3 is 4.74 Å². The van der Waals surface area contributed by atoms with Crippen LogP contribution in [0.3, 0.4) is 0 Å². The predicted octanol–water partition coefficient (Wildman–Crippen LogP) is 5.46. The van der Waals surface area contributed by atoms with Crippen LogP contribution in [-0.2, 0) is 14.7 Å². The second kappa shape index (κ2) is 9.44. The van der Waals surface area contributed by atoms with E-state index in [1.807, 2.05) is 24.3 Å². The lowest BCUT2D eigenvalue weighted by atomic mass is 10.0. The normalized spacial score (nSPS) is 13.1. The van der Waals surface area contributed by atoms with Crippen LogP contribution in [0.25, 0.3) is 27.7 Å². The number of carbonyl (C=O) groups excluding carboxylic acids is 1. The molecule has 0 bridgehead atoms. The van der Waals surface area contributed by atoms with Crippen LogP contribution < -0.4 is 0 Å². The van der Waals surface area contributed by atoms with E-state index in [-0.39, 0.29) is 5.97 Å². The fraction of sp³-hybridized carbons (Fsp3) is 0.115. The van der Waals surface area contributed by atoms with Gasteiger partial charge in [-0.05, 0) is 48.4 Å². The van der Waals surface area contributed by atoms with Crippen LogP contribution in [-0.4, -0.2) is 39.0 Å². The molecule has 4 rings (SSSR count). The number of esters is 1. The SMILES string of the molecule is C=C(C=NC)c1cn(S(=N)(=O)c2ccccc2)c2ncc(-c3ccc(C(=O)OCC)cc3)cc12. The summed E-state index contributed by atoms with van der Waals surface area (Å²) in [5.74, 6) is -0.372. The van der Waals surface area contributed by atoms with Crippen molar-refractivity contribution in [2.45, 2.75) is 11.8 Å². The Hall–Kier alpha value is -4.04. The third kappa shape index (κ3) is 4.27. The number of hydrogen-bond donors (Lipinski definition) is 1. The molecular formula is C26H24N4O3S. The monoisotopic (exact) mass is 472 g/mol. The van der Waals surface area contributed by atoms with Crippen molar-refractivity contribution in [1.29, 1.82) is 4.78 Å². The van der Waals surface area contributed by atoms with E-state index in [9.17, 15) is 9.00 Å². The average molecular weight is 473 g/mol. The van der Waals surface area contributed by atoms with Gasteiger partial charge in [0.2, 0.25) is 0 Å². The molecule has 0 radical (unpaired) electrons. The molecule has 0 saturated heterocycles. The largest absolute Gasteiger partial charge is 0.462 e. The molecule has 2 heterocycles. The van der Waals surface area contributed by atoms with Crippen molar-refractivity contribution < 1.29 is 13.7 Å². The van der Waals surface area contributed by atoms with Crippen molar-refractivity contribution in [2.24, 2.45) is 4.99 Å². The molecule has 1 N–H and O–H groups in total. The van der Waals surface area contributed by atoms with E-state index in [0.717, 1.165) is 11.1 Å². The molecule has 7 nitrogen and oxygen atoms in total. The van der Waals surface area contributed by atoms with Gasteiger partial charge in [0.05, 0.1) is 17.1 Å². The lowest BCUT2D eigenvalue weighted by Gasteiger charge is -2.10. The summed E-state index contributed by atoms with van der Waals surface area (Å²) in [6.45, 7) is 6.17. The fourth-order valence-electron chi connectivity index (χ4n) is 3.65. The molecule has 34 heavy (non-hydrogen) atoms. The van der Waals surface area contributed by atoms with Gasteiger partial charge in [0.25, 0.3) is 0 Å². The number of aliphatic imine (C=N–C) groups is 1. The van der Waals surface area contributed by atoms with Crippen molar-refractivity contribution in [3.63, 3.8) is 0 Å². The second-order valence-electron chi connectivity index (χ2n) is 7.51. The van der Waals surface area contributed by atoms with E-state index < -0.39 is 9.92 Å². The van der Waals surface area contributed by atoms with Crippen LogP contribution >= 0.6 is 0 Å². The minimum atomic E-state index is -3.37. The van der Waals surface area contributed by atoms with Gasteiger partial charge >= 0.3 is 5.97 Å². The molecule has 2 aromatic carbocycles. The Balaban J connectivity index is 1.86. The molecule has 0 aliphatic rings. The zero-order valence-electron chi connectivity index (χ0n) is 18.9. The number of allylic oxidation sites excluding steroid dienone is 1. The van der Waals surface area contributed by atoms with Gasteiger partial charge in [0.15, 0.2) is 15.6 Å². The molecule has 1 unspecified atom stereocenters. The van der Waals surface area contributed by atoms with Crippen molar-refractivity contribution in [3.05, 3.63) is 90.8 Å². The molecule has 1 atom stereocenters. The number of hydrogen-bond acceptors (Lipinski definition) is 6. The molecule has 8 heteroatoms. The number of pyridine rings is 1. The summed E-state index contributed by atoms with van der Waals surface area (Å²) in [6.07, 6.45) is 4.94. The van der Waals surface area contributed by atoms with E-state index in [1.165, 1.54) is 3.97 Å². The summed E-state index contributed by atoms with van der Waals surface area (Å²) in [5, 5.41) is 0.702. The van der Waals surface area contributed by atoms with Crippen molar-refractivity contribution >= 4 is 38.7 Å². The Labute approximate surface area is 198 Å². The van der Waals surface area contributed by atoms with Gasteiger partial charge in [-0.25, -0.2) is 22.7 Å². The third-order valence-electron chi connectivity index (χ3n) is 5.31. The molecule has 4 aromatic rings. The number of fused-ring (bicyclic) bond motifs is 1. The number of ether oxygens (including phenoxy) is 1. The zero-order valence-corrected chi connectivity index (χ0v) is 19.7. The standard InChI is InChI=1S/C26H24N4O3S/c1-4-33-26(31)20-12-10-19(11-13-20)21-14-23-24(18(2)15-28-3)17-30(25(23)29-16-21)34(27,32)22-8-6-5-7-9-22/h5-17,27H,2,4H2,1,3H3. The Bertz CT molecular complexity index is 1500. The third-order valence-corrected chi connectivity index (χ3v) is 7.06. The first kappa shape index (κ1) is 23.1. The molecule has 0 fully saturated rings. The summed E-state index contributed by atoms with van der Waals surface area (Å²) < 4.78 is 28.7. The predicted molar refractivity (Wildman–Crippen MR) is 136 cm³/mol. The highest BCUT2D eigenvalue weighted by Crippen LogP contribution is 2.32. The Kier molecular flexibility index (Phi) is 6.43. The smallest absolute Gasteiger partial charge is 0.338 e. The summed E-state index contributed by atoms with van der Waals surface area (Å²) in [4.78, 5) is 21.0. The van der Waals surface area contributed by atoms with E-state index in [4.69, 9.17) is 9.52 Å². The Morgan fingerprint density at radius 2 is 1.88 bits per heavy atom. The van der Waals surface area contributed by atoms with Crippen molar-refractivity contribution in [1.82, 2.24) is 8.96 Å². The first-order valence-electron chi connectivity index (χ1n) is 10.6. The maximum Gasteiger partial charge on any atom is 0.338 e. The van der Waals surface area contributed by atoms with Gasteiger partial charge in [0, 0.05) is 42.2 Å². The minimum absolute atomic E-state index is 0.314. The highest BCUT2D eigenvalue weighted by atomic mass is 32.2. The molecule has 0 saturated carbocycles. The van der Waals surface area contributed by atoms with Gasteiger partial charge in [-0.1, -0.05) is 36.9 Å². The molecule has 0 amide bonds. The topological polar surface area (TPSA) is 97.4 Å². The van der Waals surface area contributed by atoms with E-state index >= 15 is 0 Å². The highest BCUT2D eigenvalue weighted by Gasteiger charge is 2.20. The van der Waals surface area contributed by atoms with Gasteiger partial charge in [-0.15, -0.1) is 0 Å². The molecule has 0 spiro atoms. The van der Waals surface area contributed by atoms with Crippen molar-refractivity contribution in [3.8, 4) is 11.1 Å². The lowest BCUT2D eigenvalue weighted by Crippen LogP contribution is -2.10. The minimum Gasteiger partial charge on any atom is -0.462 e. The van der Waals surface area contributed by atoms with E-state index in [0.29, 0.717) is 39.2 Å². The molecule has 172 valence electrons. The zero-order chi connectivity index (χ0) is 24.3. The van der Waals surface area contributed by atoms with E-state index in [2.05, 4.69) is 16.6 Å². The van der Waals surface area contributed by atoms with Crippen molar-refractivity contribution in [2.75, 3.05) is 13.7 Å². The van der Waals surface area contributed by atoms with Gasteiger partial charge in [-0.2, -0.15) is 0 Å². The van der Waals surface area contributed by atoms with E-state index in [1.54, 1.807) is 69.0 Å². The van der Waals surface area contributed by atoms with Crippen LogP contribution in [0, 0.1) is 4.78 Å². The molecule has 0 aliphatic carbocycles. The van der Waals surface area contributed by atoms with Crippen LogP contribution in [0.2, 0.25) is 0 Å². The maximum atomic E-state index is 13.6. The van der Waals surface area contributed by atoms with Crippen LogP contribution in [0.1, 0.15) is 22.8 Å².